The average Bonchev–Trinajstić information content (AvgIpc) is 3.08. The Balaban J connectivity index is 1.11. The molecule has 1 saturated heterocycles. The summed E-state index contributed by atoms with van der Waals surface area (Å²) in [6.07, 6.45) is 0.247. The summed E-state index contributed by atoms with van der Waals surface area (Å²) >= 11 is 0. The lowest BCUT2D eigenvalue weighted by molar-refractivity contribution is -0.0328. The molecule has 0 aromatic heterocycles. The van der Waals surface area contributed by atoms with Crippen molar-refractivity contribution in [3.05, 3.63) is 102 Å². The highest BCUT2D eigenvalue weighted by atomic mass is 16.5. The van der Waals surface area contributed by atoms with E-state index < -0.39 is 6.10 Å². The van der Waals surface area contributed by atoms with E-state index in [0.717, 1.165) is 65.6 Å². The van der Waals surface area contributed by atoms with Crippen molar-refractivity contribution in [1.29, 1.82) is 0 Å². The zero-order valence-corrected chi connectivity index (χ0v) is 26.0. The molecule has 45 heavy (non-hydrogen) atoms. The lowest BCUT2D eigenvalue weighted by Gasteiger charge is -2.36. The van der Waals surface area contributed by atoms with Gasteiger partial charge in [-0.3, -0.25) is 0 Å². The van der Waals surface area contributed by atoms with Crippen molar-refractivity contribution in [2.24, 2.45) is 0 Å². The molecule has 236 valence electrons. The highest BCUT2D eigenvalue weighted by Crippen LogP contribution is 2.35. The molecule has 2 heterocycles. The zero-order chi connectivity index (χ0) is 31.0. The summed E-state index contributed by atoms with van der Waals surface area (Å²) in [4.78, 5) is 2.36. The van der Waals surface area contributed by atoms with Crippen LogP contribution in [0.15, 0.2) is 91.0 Å². The molecule has 0 amide bonds. The number of anilines is 1. The van der Waals surface area contributed by atoms with Crippen molar-refractivity contribution < 1.29 is 28.8 Å². The molecule has 3 atom stereocenters. The topological polar surface area (TPSA) is 81.7 Å². The SMILES string of the molecule is COCCCN1CCOc2ccc(COC3CNCC(O)C3c3ccc(-c4ccc(Oc5ccccc5OC)cc4)cc3)cc21. The van der Waals surface area contributed by atoms with Crippen molar-refractivity contribution in [1.82, 2.24) is 5.32 Å². The number of piperidine rings is 1. The maximum Gasteiger partial charge on any atom is 0.169 e. The fourth-order valence-corrected chi connectivity index (χ4v) is 6.16. The lowest BCUT2D eigenvalue weighted by atomic mass is 9.85. The Labute approximate surface area is 265 Å². The predicted octanol–water partition coefficient (Wildman–Crippen LogP) is 6.02. The molecular formula is C37H42N2O6. The van der Waals surface area contributed by atoms with Crippen molar-refractivity contribution in [3.8, 4) is 34.1 Å². The standard InChI is InChI=1S/C37H42N2O6/c1-41-20-5-18-39-19-21-43-33-17-8-26(22-31(33)39)25-44-36-24-38-23-32(40)37(36)29-11-9-27(10-12-29)28-13-15-30(16-14-28)45-35-7-4-3-6-34(35)42-2/h3-4,6-17,22,32,36-38,40H,5,18-21,23-25H2,1-2H3. The first kappa shape index (κ1) is 30.9. The van der Waals surface area contributed by atoms with Crippen LogP contribution in [0.2, 0.25) is 0 Å². The molecule has 8 heteroatoms. The molecule has 2 aliphatic heterocycles. The Kier molecular flexibility index (Phi) is 10.2. The van der Waals surface area contributed by atoms with E-state index in [-0.39, 0.29) is 12.0 Å². The van der Waals surface area contributed by atoms with E-state index in [2.05, 4.69) is 46.6 Å². The van der Waals surface area contributed by atoms with Gasteiger partial charge in [0.05, 0.1) is 38.2 Å². The van der Waals surface area contributed by atoms with Gasteiger partial charge in [0.2, 0.25) is 0 Å². The van der Waals surface area contributed by atoms with Gasteiger partial charge >= 0.3 is 0 Å². The number of hydrogen-bond donors (Lipinski definition) is 2. The van der Waals surface area contributed by atoms with Gasteiger partial charge in [-0.1, -0.05) is 54.6 Å². The Morgan fingerprint density at radius 2 is 1.64 bits per heavy atom. The smallest absolute Gasteiger partial charge is 0.169 e. The molecule has 2 N–H and O–H groups in total. The quantitative estimate of drug-likeness (QED) is 0.189. The van der Waals surface area contributed by atoms with Crippen LogP contribution in [0, 0.1) is 0 Å². The Morgan fingerprint density at radius 3 is 2.40 bits per heavy atom. The van der Waals surface area contributed by atoms with Crippen LogP contribution < -0.4 is 24.4 Å². The zero-order valence-electron chi connectivity index (χ0n) is 26.0. The summed E-state index contributed by atoms with van der Waals surface area (Å²) < 4.78 is 29.1. The van der Waals surface area contributed by atoms with E-state index in [1.54, 1.807) is 14.2 Å². The van der Waals surface area contributed by atoms with E-state index in [4.69, 9.17) is 23.7 Å². The van der Waals surface area contributed by atoms with E-state index in [1.165, 1.54) is 0 Å². The molecule has 4 aromatic carbocycles. The molecule has 4 aromatic rings. The molecular weight excluding hydrogens is 568 g/mol. The molecule has 0 bridgehead atoms. The van der Waals surface area contributed by atoms with Gasteiger partial charge < -0.3 is 39.0 Å². The van der Waals surface area contributed by atoms with E-state index >= 15 is 0 Å². The molecule has 0 saturated carbocycles. The number of methoxy groups -OCH3 is 2. The van der Waals surface area contributed by atoms with Crippen LogP contribution >= 0.6 is 0 Å². The number of para-hydroxylation sites is 2. The third kappa shape index (κ3) is 7.43. The molecule has 0 spiro atoms. The van der Waals surface area contributed by atoms with Crippen molar-refractivity contribution in [2.75, 3.05) is 58.5 Å². The second kappa shape index (κ2) is 14.8. The molecule has 1 fully saturated rings. The van der Waals surface area contributed by atoms with Crippen molar-refractivity contribution in [3.63, 3.8) is 0 Å². The summed E-state index contributed by atoms with van der Waals surface area (Å²) in [5.41, 5.74) is 5.43. The normalized spacial score (nSPS) is 19.4. The molecule has 2 aliphatic rings. The van der Waals surface area contributed by atoms with Gasteiger partial charge in [-0.25, -0.2) is 0 Å². The Bertz CT molecular complexity index is 1530. The van der Waals surface area contributed by atoms with Crippen molar-refractivity contribution in [2.45, 2.75) is 31.2 Å². The van der Waals surface area contributed by atoms with Crippen LogP contribution in [0.4, 0.5) is 5.69 Å². The van der Waals surface area contributed by atoms with Crippen LogP contribution in [-0.2, 0) is 16.1 Å². The van der Waals surface area contributed by atoms with Gasteiger partial charge in [-0.05, 0) is 65.1 Å². The number of nitrogens with zero attached hydrogens (tertiary/aromatic N) is 1. The van der Waals surface area contributed by atoms with Gasteiger partial charge in [-0.2, -0.15) is 0 Å². The van der Waals surface area contributed by atoms with Gasteiger partial charge in [0.15, 0.2) is 11.5 Å². The van der Waals surface area contributed by atoms with Crippen LogP contribution in [0.5, 0.6) is 23.0 Å². The second-order valence-corrected chi connectivity index (χ2v) is 11.5. The summed E-state index contributed by atoms with van der Waals surface area (Å²) in [6, 6.07) is 30.3. The number of benzene rings is 4. The number of rotatable bonds is 12. The highest BCUT2D eigenvalue weighted by Gasteiger charge is 2.34. The first-order valence-corrected chi connectivity index (χ1v) is 15.6. The predicted molar refractivity (Wildman–Crippen MR) is 176 cm³/mol. The lowest BCUT2D eigenvalue weighted by Crippen LogP contribution is -2.49. The molecule has 0 aliphatic carbocycles. The van der Waals surface area contributed by atoms with Crippen molar-refractivity contribution >= 4 is 5.69 Å². The number of nitrogens with one attached hydrogen (secondary N) is 1. The van der Waals surface area contributed by atoms with Gasteiger partial charge in [0.25, 0.3) is 0 Å². The number of hydrogen-bond acceptors (Lipinski definition) is 8. The highest BCUT2D eigenvalue weighted by molar-refractivity contribution is 5.65. The number of fused-ring (bicyclic) bond motifs is 1. The Hall–Kier alpha value is -4.08. The fourth-order valence-electron chi connectivity index (χ4n) is 6.16. The molecule has 3 unspecified atom stereocenters. The fraction of sp³-hybridized carbons (Fsp3) is 0.351. The van der Waals surface area contributed by atoms with E-state index in [0.29, 0.717) is 37.8 Å². The minimum Gasteiger partial charge on any atom is -0.493 e. The van der Waals surface area contributed by atoms with Crippen LogP contribution in [0.1, 0.15) is 23.5 Å². The minimum absolute atomic E-state index is 0.136. The average molecular weight is 611 g/mol. The third-order valence-electron chi connectivity index (χ3n) is 8.52. The van der Waals surface area contributed by atoms with Crippen LogP contribution in [-0.4, -0.2) is 70.9 Å². The third-order valence-corrected chi connectivity index (χ3v) is 8.52. The molecule has 0 radical (unpaired) electrons. The van der Waals surface area contributed by atoms with E-state index in [9.17, 15) is 5.11 Å². The monoisotopic (exact) mass is 610 g/mol. The summed E-state index contributed by atoms with van der Waals surface area (Å²) in [6.45, 7) is 4.87. The number of ether oxygens (including phenoxy) is 5. The molecule has 8 nitrogen and oxygen atoms in total. The minimum atomic E-state index is -0.547. The molecule has 6 rings (SSSR count). The van der Waals surface area contributed by atoms with Gasteiger partial charge in [-0.15, -0.1) is 0 Å². The largest absolute Gasteiger partial charge is 0.493 e. The summed E-state index contributed by atoms with van der Waals surface area (Å²) in [7, 11) is 3.37. The van der Waals surface area contributed by atoms with E-state index in [1.807, 2.05) is 54.6 Å². The summed E-state index contributed by atoms with van der Waals surface area (Å²) in [5.74, 6) is 2.88. The number of aliphatic hydroxyl groups is 1. The second-order valence-electron chi connectivity index (χ2n) is 11.5. The van der Waals surface area contributed by atoms with Gasteiger partial charge in [0.1, 0.15) is 18.1 Å². The van der Waals surface area contributed by atoms with Crippen LogP contribution in [0.25, 0.3) is 11.1 Å². The van der Waals surface area contributed by atoms with Gasteiger partial charge in [0, 0.05) is 39.3 Å². The Morgan fingerprint density at radius 1 is 0.889 bits per heavy atom. The number of aliphatic hydroxyl groups excluding tert-OH is 1. The maximum atomic E-state index is 11.1. The van der Waals surface area contributed by atoms with Crippen LogP contribution in [0.3, 0.4) is 0 Å². The first-order valence-electron chi connectivity index (χ1n) is 15.6. The maximum absolute atomic E-state index is 11.1. The first-order chi connectivity index (χ1) is 22.1. The number of β-amino-alcohol motifs (C(OH)–C–C–N with tert-alkyl or cyclic N) is 1. The summed E-state index contributed by atoms with van der Waals surface area (Å²) in [5, 5.41) is 14.4.